The second-order valence-electron chi connectivity index (χ2n) is 21.6. The van der Waals surface area contributed by atoms with Crippen LogP contribution in [0.3, 0.4) is 0 Å². The molecule has 0 spiro atoms. The number of rotatable bonds is 42. The smallest absolute Gasteiger partial charge is 0.305 e. The first-order chi connectivity index (χ1) is 44.3. The third-order valence-electron chi connectivity index (χ3n) is 14.6. The number of aliphatic carboxylic acids is 2. The van der Waals surface area contributed by atoms with Gasteiger partial charge in [0, 0.05) is 70.4 Å². The number of carboxylic acid groups (broad SMARTS) is 2. The number of ketones is 3. The van der Waals surface area contributed by atoms with Gasteiger partial charge in [-0.3, -0.25) is 77.8 Å². The number of carbonyl (C=O) groups excluding carboxylic acids is 11. The molecule has 0 aliphatic carbocycles. The van der Waals surface area contributed by atoms with E-state index in [0.29, 0.717) is 28.7 Å². The number of hydrogen-bond donors (Lipinski definition) is 17. The van der Waals surface area contributed by atoms with Gasteiger partial charge in [-0.2, -0.15) is 0 Å². The van der Waals surface area contributed by atoms with Crippen LogP contribution in [0.15, 0.2) is 47.5 Å². The molecule has 8 amide bonds. The van der Waals surface area contributed by atoms with Crippen LogP contribution < -0.4 is 37.5 Å². The van der Waals surface area contributed by atoms with Crippen molar-refractivity contribution in [3.8, 4) is 11.5 Å². The number of aliphatic hydroxyl groups is 3. The molecule has 0 saturated carbocycles. The van der Waals surface area contributed by atoms with Crippen molar-refractivity contribution in [1.82, 2.24) is 52.6 Å². The number of hydrazine groups is 1. The van der Waals surface area contributed by atoms with E-state index in [2.05, 4.69) is 37.0 Å². The normalized spacial score (nSPS) is 16.1. The number of phenols is 2. The maximum atomic E-state index is 13.7. The van der Waals surface area contributed by atoms with Crippen LogP contribution in [0.2, 0.25) is 0 Å². The van der Waals surface area contributed by atoms with E-state index in [0.717, 1.165) is 10.6 Å². The molecule has 2 aromatic rings. The third kappa shape index (κ3) is 26.9. The van der Waals surface area contributed by atoms with Gasteiger partial charge in [0.25, 0.3) is 0 Å². The lowest BCUT2D eigenvalue weighted by Gasteiger charge is -2.37. The first-order valence-electron chi connectivity index (χ1n) is 29.7. The van der Waals surface area contributed by atoms with Crippen LogP contribution in [-0.4, -0.2) is 246 Å². The number of amides is 8. The van der Waals surface area contributed by atoms with E-state index in [1.54, 1.807) is 19.1 Å². The molecular formula is C58H83N11O24. The van der Waals surface area contributed by atoms with Crippen molar-refractivity contribution in [3.05, 3.63) is 59.2 Å². The number of para-hydroxylation sites is 1. The van der Waals surface area contributed by atoms with Crippen LogP contribution in [-0.2, 0) is 62.3 Å². The molecule has 8 atom stereocenters. The summed E-state index contributed by atoms with van der Waals surface area (Å²) in [6.07, 6.45) is -0.935. The fourth-order valence-corrected chi connectivity index (χ4v) is 9.47. The van der Waals surface area contributed by atoms with Gasteiger partial charge < -0.3 is 72.3 Å². The van der Waals surface area contributed by atoms with E-state index in [1.807, 2.05) is 5.48 Å². The van der Waals surface area contributed by atoms with Crippen LogP contribution in [0.5, 0.6) is 11.5 Å². The Labute approximate surface area is 532 Å². The highest BCUT2D eigenvalue weighted by atomic mass is 16.5. The fraction of sp³-hybridized carbons (Fsp3) is 0.552. The average Bonchev–Trinajstić information content (AvgIpc) is 1.97. The number of phenolic OH excluding ortho intramolecular Hbond substituents is 2. The van der Waals surface area contributed by atoms with Crippen molar-refractivity contribution in [2.24, 2.45) is 22.7 Å². The molecule has 2 aliphatic heterocycles. The number of aryl methyl sites for hydroxylation is 1. The van der Waals surface area contributed by atoms with Gasteiger partial charge in [-0.1, -0.05) is 23.8 Å². The summed E-state index contributed by atoms with van der Waals surface area (Å²) in [7, 11) is 0. The molecule has 1 fully saturated rings. The van der Waals surface area contributed by atoms with E-state index in [9.17, 15) is 98.3 Å². The molecular weight excluding hydrogens is 1230 g/mol. The van der Waals surface area contributed by atoms with E-state index in [4.69, 9.17) is 20.2 Å². The van der Waals surface area contributed by atoms with Crippen molar-refractivity contribution >= 4 is 83.4 Å². The minimum absolute atomic E-state index is 0.00277. The Balaban J connectivity index is 0.000000485. The van der Waals surface area contributed by atoms with Gasteiger partial charge in [-0.25, -0.2) is 26.0 Å². The van der Waals surface area contributed by atoms with Crippen molar-refractivity contribution in [3.63, 3.8) is 0 Å². The van der Waals surface area contributed by atoms with Gasteiger partial charge >= 0.3 is 11.9 Å². The number of carbonyl (C=O) groups is 13. The number of hydroxylamine groups is 5. The summed E-state index contributed by atoms with van der Waals surface area (Å²) in [5.74, 6) is -12.9. The largest absolute Gasteiger partial charge is 0.507 e. The predicted octanol–water partition coefficient (Wildman–Crippen LogP) is -3.30. The Kier molecular flexibility index (Phi) is 34.8. The van der Waals surface area contributed by atoms with Gasteiger partial charge in [-0.15, -0.1) is 0 Å². The molecule has 0 unspecified atom stereocenters. The lowest BCUT2D eigenvalue weighted by atomic mass is 9.92. The minimum atomic E-state index is -1.57. The Bertz CT molecular complexity index is 2920. The summed E-state index contributed by atoms with van der Waals surface area (Å²) in [6.45, 7) is -1.22. The Morgan fingerprint density at radius 2 is 1.26 bits per heavy atom. The number of hydrogen-bond acceptors (Lipinski definition) is 25. The molecule has 2 aromatic carbocycles. The number of Topliss-reactive ketones (excluding diaryl/α,β-unsaturated/α-hetero) is 3. The zero-order chi connectivity index (χ0) is 69.2. The number of benzene rings is 2. The van der Waals surface area contributed by atoms with E-state index in [1.165, 1.54) is 30.3 Å². The Morgan fingerprint density at radius 3 is 1.85 bits per heavy atom. The predicted molar refractivity (Wildman–Crippen MR) is 318 cm³/mol. The molecule has 514 valence electrons. The number of ether oxygens (including phenoxy) is 1. The maximum Gasteiger partial charge on any atom is 0.305 e. The van der Waals surface area contributed by atoms with Gasteiger partial charge in [0.2, 0.25) is 54.2 Å². The third-order valence-corrected chi connectivity index (χ3v) is 14.6. The van der Waals surface area contributed by atoms with Gasteiger partial charge in [0.1, 0.15) is 42.3 Å². The fourth-order valence-electron chi connectivity index (χ4n) is 9.47. The van der Waals surface area contributed by atoms with Crippen molar-refractivity contribution in [2.75, 3.05) is 65.7 Å². The standard InChI is InChI=1S/C29H40N6O11.C29H43N5O13/c1-17-6-7-23(38)19(12-17)28-33-21(15-46-28)26(42)32-20(14-36)24(39)13-18(4-3-11-34(45)16-37)29(44)35-22(5-2-9-31-35)27(43)30-10-8-25(40)41;35-15-19(14-24(39)20-6-1-2-8-23(20)38)28(44)33-22(16-36)25(40)13-18(5-4-12-34(47)17-37)27(43)32-21(7-3-10-31-46)29(45)30-11-9-26(41)42/h6-7,12,16,18,20-22,31,36,38,45H,2-5,8-11,13-15H2,1H3,(H,30,43)(H,32,42)(H,40,41);1-2,6,8,17-19,21-22,31,35-36,38,46-47H,3-5,7,9-16H2,(H,30,45)(H,32,43)(H,33,44)(H,41,42)/t18-,20-,21-,22+;18-,19-,21+,22-/m00/s1. The molecule has 17 N–H and O–H groups in total. The number of carboxylic acids is 2. The molecule has 4 rings (SSSR count). The monoisotopic (exact) mass is 1320 g/mol. The SMILES string of the molecule is Cc1ccc(O)c(C2=N[C@H](C(=O)N[C@@H](CO)C(=O)C[C@H](CCCN(O)C=O)C(=O)N3NCCC[C@@H]3C(=O)NCCC(=O)O)CO2)c1.O=CN(O)CCC[C@@H](CC(=O)[C@H](CO)NC(=O)[C@H](CO)CC(=O)c1ccccc1O)C(=O)N[C@H](CCCNO)C(=O)NCCC(=O)O. The van der Waals surface area contributed by atoms with Crippen LogP contribution in [0.1, 0.15) is 105 Å². The zero-order valence-electron chi connectivity index (χ0n) is 51.1. The average molecular weight is 1320 g/mol. The highest BCUT2D eigenvalue weighted by Gasteiger charge is 2.39. The molecule has 35 heteroatoms. The zero-order valence-corrected chi connectivity index (χ0v) is 51.1. The van der Waals surface area contributed by atoms with Crippen LogP contribution in [0.4, 0.5) is 0 Å². The molecule has 0 aromatic heterocycles. The van der Waals surface area contributed by atoms with Gasteiger partial charge in [0.15, 0.2) is 23.4 Å². The van der Waals surface area contributed by atoms with Crippen molar-refractivity contribution in [2.45, 2.75) is 121 Å². The van der Waals surface area contributed by atoms with Crippen molar-refractivity contribution in [1.29, 1.82) is 0 Å². The number of aliphatic hydroxyl groups excluding tert-OH is 3. The summed E-state index contributed by atoms with van der Waals surface area (Å²) >= 11 is 0. The molecule has 0 bridgehead atoms. The summed E-state index contributed by atoms with van der Waals surface area (Å²) < 4.78 is 5.50. The van der Waals surface area contributed by atoms with E-state index in [-0.39, 0.29) is 133 Å². The minimum Gasteiger partial charge on any atom is -0.507 e. The summed E-state index contributed by atoms with van der Waals surface area (Å²) in [5, 5.41) is 109. The highest BCUT2D eigenvalue weighted by molar-refractivity contribution is 6.03. The van der Waals surface area contributed by atoms with E-state index < -0.39 is 152 Å². The van der Waals surface area contributed by atoms with Crippen LogP contribution in [0, 0.1) is 24.7 Å². The number of aliphatic imine (C=N–C) groups is 1. The number of aromatic hydroxyl groups is 2. The quantitative estimate of drug-likeness (QED) is 0.0102. The topological polar surface area (TPSA) is 540 Å². The van der Waals surface area contributed by atoms with E-state index >= 15 is 0 Å². The molecule has 0 radical (unpaired) electrons. The Morgan fingerprint density at radius 1 is 0.677 bits per heavy atom. The highest BCUT2D eigenvalue weighted by Crippen LogP contribution is 2.25. The maximum absolute atomic E-state index is 13.7. The Hall–Kier alpha value is -9.10. The van der Waals surface area contributed by atoms with Crippen LogP contribution >= 0.6 is 0 Å². The molecule has 35 nitrogen and oxygen atoms in total. The first-order valence-corrected chi connectivity index (χ1v) is 29.7. The lowest BCUT2D eigenvalue weighted by molar-refractivity contribution is -0.153. The summed E-state index contributed by atoms with van der Waals surface area (Å²) in [6, 6.07) is 4.11. The summed E-state index contributed by atoms with van der Waals surface area (Å²) in [4.78, 5) is 165. The first kappa shape index (κ1) is 78.1. The van der Waals surface area contributed by atoms with Crippen molar-refractivity contribution < 1.29 is 118 Å². The lowest BCUT2D eigenvalue weighted by Crippen LogP contribution is -2.60. The second-order valence-corrected chi connectivity index (χ2v) is 21.6. The molecule has 93 heavy (non-hydrogen) atoms. The van der Waals surface area contributed by atoms with Crippen LogP contribution in [0.25, 0.3) is 0 Å². The van der Waals surface area contributed by atoms with Gasteiger partial charge in [-0.05, 0) is 82.6 Å². The summed E-state index contributed by atoms with van der Waals surface area (Å²) in [5.41, 5.74) is 5.81. The molecule has 2 aliphatic rings. The molecule has 1 saturated heterocycles. The second kappa shape index (κ2) is 41.4. The number of nitrogens with one attached hydrogen (secondary N) is 7. The van der Waals surface area contributed by atoms with Gasteiger partial charge in [0.05, 0.1) is 49.7 Å². The molecule has 2 heterocycles. The number of nitrogens with zero attached hydrogens (tertiary/aromatic N) is 4.